The van der Waals surface area contributed by atoms with Crippen molar-refractivity contribution >= 4 is 0 Å². The van der Waals surface area contributed by atoms with Crippen LogP contribution in [0.2, 0.25) is 0 Å². The van der Waals surface area contributed by atoms with E-state index >= 15 is 0 Å². The highest BCUT2D eigenvalue weighted by Crippen LogP contribution is 2.08. The lowest BCUT2D eigenvalue weighted by Gasteiger charge is -1.99. The van der Waals surface area contributed by atoms with Crippen molar-refractivity contribution in [2.24, 2.45) is 0 Å². The van der Waals surface area contributed by atoms with Crippen molar-refractivity contribution in [3.63, 3.8) is 0 Å². The molecule has 0 aliphatic rings. The van der Waals surface area contributed by atoms with E-state index in [9.17, 15) is 0 Å². The third-order valence-electron chi connectivity index (χ3n) is 1.85. The summed E-state index contributed by atoms with van der Waals surface area (Å²) in [5.41, 5.74) is 1.94. The highest BCUT2D eigenvalue weighted by molar-refractivity contribution is 5.35. The van der Waals surface area contributed by atoms with Gasteiger partial charge in [-0.05, 0) is 29.5 Å². The quantitative estimate of drug-likeness (QED) is 0.660. The van der Waals surface area contributed by atoms with Gasteiger partial charge in [0.15, 0.2) is 0 Å². The molecule has 5 nitrogen and oxygen atoms in total. The van der Waals surface area contributed by atoms with Gasteiger partial charge in [-0.3, -0.25) is 0 Å². The maximum absolute atomic E-state index is 8.71. The maximum atomic E-state index is 8.71. The first-order chi connectivity index (χ1) is 6.81. The molecule has 0 fully saturated rings. The molecule has 0 radical (unpaired) electrons. The molecule has 0 atom stereocenters. The van der Waals surface area contributed by atoms with Crippen LogP contribution in [0.4, 0.5) is 0 Å². The molecule has 68 valence electrons. The van der Waals surface area contributed by atoms with Crippen LogP contribution in [0.1, 0.15) is 11.4 Å². The predicted molar refractivity (Wildman–Crippen MR) is 48.6 cm³/mol. The topological polar surface area (TPSA) is 67.4 Å². The zero-order valence-corrected chi connectivity index (χ0v) is 7.55. The molecule has 0 bridgehead atoms. The summed E-state index contributed by atoms with van der Waals surface area (Å²) in [4.78, 5) is 0. The number of hydrogen-bond acceptors (Lipinski definition) is 4. The highest BCUT2D eigenvalue weighted by atomic mass is 15.5. The van der Waals surface area contributed by atoms with Gasteiger partial charge in [0.25, 0.3) is 5.82 Å². The molecule has 0 saturated carbocycles. The Hall–Kier alpha value is -2.22. The van der Waals surface area contributed by atoms with Crippen molar-refractivity contribution in [2.45, 2.75) is 6.92 Å². The van der Waals surface area contributed by atoms with Crippen LogP contribution in [0.25, 0.3) is 5.69 Å². The lowest BCUT2D eigenvalue weighted by molar-refractivity contribution is 0.785. The van der Waals surface area contributed by atoms with Crippen LogP contribution < -0.4 is 0 Å². The van der Waals surface area contributed by atoms with Gasteiger partial charge >= 0.3 is 0 Å². The minimum atomic E-state index is 0.189. The van der Waals surface area contributed by atoms with Gasteiger partial charge in [-0.25, -0.2) is 0 Å². The van der Waals surface area contributed by atoms with E-state index < -0.39 is 0 Å². The van der Waals surface area contributed by atoms with E-state index in [2.05, 4.69) is 15.5 Å². The Morgan fingerprint density at radius 1 is 1.29 bits per heavy atom. The minimum absolute atomic E-state index is 0.189. The van der Waals surface area contributed by atoms with E-state index in [1.807, 2.05) is 37.3 Å². The van der Waals surface area contributed by atoms with Crippen molar-refractivity contribution in [3.05, 3.63) is 35.7 Å². The van der Waals surface area contributed by atoms with Crippen LogP contribution in [-0.4, -0.2) is 20.2 Å². The van der Waals surface area contributed by atoms with Gasteiger partial charge in [0, 0.05) is 0 Å². The number of benzene rings is 1. The smallest absolute Gasteiger partial charge is 0.189 e. The number of hydrogen-bond donors (Lipinski definition) is 0. The molecule has 0 unspecified atom stereocenters. The zero-order valence-electron chi connectivity index (χ0n) is 7.55. The summed E-state index contributed by atoms with van der Waals surface area (Å²) in [6, 6.07) is 9.54. The third-order valence-corrected chi connectivity index (χ3v) is 1.85. The molecule has 0 spiro atoms. The van der Waals surface area contributed by atoms with Crippen LogP contribution in [-0.2, 0) is 0 Å². The predicted octanol–water partition coefficient (Wildman–Crippen LogP) is 0.842. The molecule has 1 heterocycles. The maximum Gasteiger partial charge on any atom is 0.257 e. The van der Waals surface area contributed by atoms with E-state index in [1.54, 1.807) is 0 Å². The lowest BCUT2D eigenvalue weighted by Crippen LogP contribution is -1.99. The molecule has 0 aliphatic heterocycles. The molecule has 0 aliphatic carbocycles. The molecule has 5 heteroatoms. The van der Waals surface area contributed by atoms with Crippen LogP contribution in [0.15, 0.2) is 24.3 Å². The van der Waals surface area contributed by atoms with Crippen LogP contribution in [0.3, 0.4) is 0 Å². The van der Waals surface area contributed by atoms with Gasteiger partial charge < -0.3 is 0 Å². The highest BCUT2D eigenvalue weighted by Gasteiger charge is 2.05. The average Bonchev–Trinajstić information content (AvgIpc) is 2.67. The van der Waals surface area contributed by atoms with E-state index in [1.165, 1.54) is 4.68 Å². The Kier molecular flexibility index (Phi) is 1.95. The van der Waals surface area contributed by atoms with Gasteiger partial charge in [-0.1, -0.05) is 22.8 Å². The molecule has 14 heavy (non-hydrogen) atoms. The van der Waals surface area contributed by atoms with Crippen LogP contribution >= 0.6 is 0 Å². The van der Waals surface area contributed by atoms with Crippen molar-refractivity contribution in [1.29, 1.82) is 5.26 Å². The summed E-state index contributed by atoms with van der Waals surface area (Å²) < 4.78 is 1.40. The molecule has 2 rings (SSSR count). The standard InChI is InChI=1S/C9H7N5/c1-7-2-4-8(5-3-7)14-9(6-10)11-12-13-14/h2-5H,1H3. The van der Waals surface area contributed by atoms with Crippen molar-refractivity contribution in [3.8, 4) is 11.8 Å². The average molecular weight is 185 g/mol. The first-order valence-electron chi connectivity index (χ1n) is 4.07. The monoisotopic (exact) mass is 185 g/mol. The first-order valence-corrected chi connectivity index (χ1v) is 4.07. The summed E-state index contributed by atoms with van der Waals surface area (Å²) >= 11 is 0. The SMILES string of the molecule is Cc1ccc(-n2nnnc2C#N)cc1. The molecular weight excluding hydrogens is 178 g/mol. The summed E-state index contributed by atoms with van der Waals surface area (Å²) in [5, 5.41) is 19.4. The molecule has 1 aromatic carbocycles. The fourth-order valence-electron chi connectivity index (χ4n) is 1.12. The van der Waals surface area contributed by atoms with Crippen LogP contribution in [0.5, 0.6) is 0 Å². The number of aromatic nitrogens is 4. The lowest BCUT2D eigenvalue weighted by atomic mass is 10.2. The number of aryl methyl sites for hydroxylation is 1. The van der Waals surface area contributed by atoms with Crippen molar-refractivity contribution in [1.82, 2.24) is 20.2 Å². The Morgan fingerprint density at radius 2 is 2.00 bits per heavy atom. The fourth-order valence-corrected chi connectivity index (χ4v) is 1.12. The molecule has 0 N–H and O–H groups in total. The minimum Gasteiger partial charge on any atom is -0.189 e. The first kappa shape index (κ1) is 8.38. The number of nitrogens with zero attached hydrogens (tertiary/aromatic N) is 5. The number of rotatable bonds is 1. The van der Waals surface area contributed by atoms with Gasteiger partial charge in [0.05, 0.1) is 5.69 Å². The van der Waals surface area contributed by atoms with Crippen molar-refractivity contribution < 1.29 is 0 Å². The fraction of sp³-hybridized carbons (Fsp3) is 0.111. The summed E-state index contributed by atoms with van der Waals surface area (Å²) in [6.45, 7) is 1.99. The van der Waals surface area contributed by atoms with E-state index in [4.69, 9.17) is 5.26 Å². The second-order valence-corrected chi connectivity index (χ2v) is 2.86. The van der Waals surface area contributed by atoms with Crippen LogP contribution in [0, 0.1) is 18.3 Å². The molecule has 0 saturated heterocycles. The second-order valence-electron chi connectivity index (χ2n) is 2.86. The van der Waals surface area contributed by atoms with E-state index in [0.717, 1.165) is 11.3 Å². The summed E-state index contributed by atoms with van der Waals surface area (Å²) in [7, 11) is 0. The van der Waals surface area contributed by atoms with Gasteiger partial charge in [-0.15, -0.1) is 0 Å². The Morgan fingerprint density at radius 3 is 2.64 bits per heavy atom. The molecule has 0 amide bonds. The number of nitriles is 1. The summed E-state index contributed by atoms with van der Waals surface area (Å²) in [6.07, 6.45) is 0. The van der Waals surface area contributed by atoms with Gasteiger partial charge in [0.2, 0.25) is 0 Å². The Bertz CT molecular complexity index is 477. The Balaban J connectivity index is 2.50. The van der Waals surface area contributed by atoms with E-state index in [-0.39, 0.29) is 5.82 Å². The largest absolute Gasteiger partial charge is 0.257 e. The zero-order chi connectivity index (χ0) is 9.97. The molecular formula is C9H7N5. The normalized spacial score (nSPS) is 9.71. The van der Waals surface area contributed by atoms with Gasteiger partial charge in [-0.2, -0.15) is 9.94 Å². The third kappa shape index (κ3) is 1.33. The second kappa shape index (κ2) is 3.26. The van der Waals surface area contributed by atoms with Gasteiger partial charge in [0.1, 0.15) is 6.07 Å². The molecule has 2 aromatic rings. The summed E-state index contributed by atoms with van der Waals surface area (Å²) in [5.74, 6) is 0.189. The van der Waals surface area contributed by atoms with Crippen molar-refractivity contribution in [2.75, 3.05) is 0 Å². The number of tetrazole rings is 1. The Labute approximate surface area is 80.6 Å². The molecule has 1 aromatic heterocycles. The van der Waals surface area contributed by atoms with E-state index in [0.29, 0.717) is 0 Å².